The lowest BCUT2D eigenvalue weighted by atomic mass is 10.0. The van der Waals surface area contributed by atoms with E-state index in [1.54, 1.807) is 0 Å². The topological polar surface area (TPSA) is 0 Å². The lowest BCUT2D eigenvalue weighted by Crippen LogP contribution is -2.34. The predicted molar refractivity (Wildman–Crippen MR) is 40.4 cm³/mol. The molecule has 0 radical (unpaired) electrons. The fourth-order valence-electron chi connectivity index (χ4n) is 1.19. The van der Waals surface area contributed by atoms with Gasteiger partial charge in [-0.3, -0.25) is 0 Å². The van der Waals surface area contributed by atoms with Crippen LogP contribution in [-0.2, 0) is 0 Å². The summed E-state index contributed by atoms with van der Waals surface area (Å²) in [5.41, 5.74) is 0. The van der Waals surface area contributed by atoms with Crippen molar-refractivity contribution in [3.63, 3.8) is 0 Å². The number of halogens is 8. The molecule has 8 heteroatoms. The van der Waals surface area contributed by atoms with Crippen molar-refractivity contribution < 1.29 is 35.1 Å². The Kier molecular flexibility index (Phi) is 4.58. The highest BCUT2D eigenvalue weighted by atomic mass is 19.3. The van der Waals surface area contributed by atoms with E-state index in [9.17, 15) is 35.1 Å². The molecule has 0 aliphatic rings. The molecule has 98 valence electrons. The van der Waals surface area contributed by atoms with Gasteiger partial charge in [-0.1, -0.05) is 0 Å². The average Bonchev–Trinajstić information content (AvgIpc) is 1.69. The van der Waals surface area contributed by atoms with Crippen LogP contribution in [0.5, 0.6) is 0 Å². The van der Waals surface area contributed by atoms with E-state index < -0.39 is 43.5 Å². The smallest absolute Gasteiger partial charge is 0.210 e. The SMILES string of the molecule is CC(F)(F)CC(F)(F)CC(F)(F)CC(F)F. The minimum atomic E-state index is -4.38. The Labute approximate surface area is 86.6 Å². The number of alkyl halides is 8. The largest absolute Gasteiger partial charge is 0.259 e. The van der Waals surface area contributed by atoms with Gasteiger partial charge in [-0.15, -0.1) is 0 Å². The molecule has 0 spiro atoms. The summed E-state index contributed by atoms with van der Waals surface area (Å²) >= 11 is 0. The van der Waals surface area contributed by atoms with Gasteiger partial charge in [0.1, 0.15) is 0 Å². The maximum atomic E-state index is 12.7. The predicted octanol–water partition coefficient (Wildman–Crippen LogP) is 4.35. The Morgan fingerprint density at radius 2 is 1.25 bits per heavy atom. The summed E-state index contributed by atoms with van der Waals surface area (Å²) in [6, 6.07) is 0. The lowest BCUT2D eigenvalue weighted by Gasteiger charge is -2.24. The molecule has 0 saturated heterocycles. The molecular weight excluding hydrogens is 248 g/mol. The molecule has 0 unspecified atom stereocenters. The van der Waals surface area contributed by atoms with Crippen LogP contribution >= 0.6 is 0 Å². The van der Waals surface area contributed by atoms with Crippen molar-refractivity contribution in [1.82, 2.24) is 0 Å². The second-order valence-electron chi connectivity index (χ2n) is 3.73. The van der Waals surface area contributed by atoms with E-state index in [2.05, 4.69) is 0 Å². The molecule has 0 N–H and O–H groups in total. The molecule has 0 rings (SSSR count). The first kappa shape index (κ1) is 15.4. The molecule has 0 amide bonds. The van der Waals surface area contributed by atoms with Crippen LogP contribution < -0.4 is 0 Å². The zero-order valence-corrected chi connectivity index (χ0v) is 8.22. The van der Waals surface area contributed by atoms with Crippen LogP contribution in [0.4, 0.5) is 35.1 Å². The van der Waals surface area contributed by atoms with Gasteiger partial charge in [-0.2, -0.15) is 0 Å². The summed E-state index contributed by atoms with van der Waals surface area (Å²) in [5, 5.41) is 0. The van der Waals surface area contributed by atoms with E-state index in [1.807, 2.05) is 0 Å². The Morgan fingerprint density at radius 3 is 1.56 bits per heavy atom. The molecule has 0 nitrogen and oxygen atoms in total. The summed E-state index contributed by atoms with van der Waals surface area (Å²) in [6.45, 7) is 0.145. The first-order valence-corrected chi connectivity index (χ1v) is 4.25. The third-order valence-corrected chi connectivity index (χ3v) is 1.54. The number of hydrogen-bond acceptors (Lipinski definition) is 0. The lowest BCUT2D eigenvalue weighted by molar-refractivity contribution is -0.161. The molecular formula is C8H10F8. The fourth-order valence-corrected chi connectivity index (χ4v) is 1.19. The van der Waals surface area contributed by atoms with Crippen molar-refractivity contribution in [2.75, 3.05) is 0 Å². The highest BCUT2D eigenvalue weighted by molar-refractivity contribution is 4.81. The second kappa shape index (κ2) is 4.75. The summed E-state index contributed by atoms with van der Waals surface area (Å²) in [5.74, 6) is -12.6. The highest BCUT2D eigenvalue weighted by Gasteiger charge is 2.48. The summed E-state index contributed by atoms with van der Waals surface area (Å²) < 4.78 is 97.9. The molecule has 0 aromatic rings. The van der Waals surface area contributed by atoms with Gasteiger partial charge in [0.05, 0.1) is 19.3 Å². The van der Waals surface area contributed by atoms with Gasteiger partial charge < -0.3 is 0 Å². The van der Waals surface area contributed by atoms with Crippen molar-refractivity contribution in [1.29, 1.82) is 0 Å². The molecule has 16 heavy (non-hydrogen) atoms. The zero-order chi connectivity index (χ0) is 13.2. The number of hydrogen-bond donors (Lipinski definition) is 0. The van der Waals surface area contributed by atoms with Gasteiger partial charge >= 0.3 is 0 Å². The third-order valence-electron chi connectivity index (χ3n) is 1.54. The highest BCUT2D eigenvalue weighted by Crippen LogP contribution is 2.40. The van der Waals surface area contributed by atoms with Gasteiger partial charge in [0.25, 0.3) is 17.8 Å². The minimum absolute atomic E-state index is 0.145. The summed E-state index contributed by atoms with van der Waals surface area (Å²) in [6.07, 6.45) is -9.90. The first-order chi connectivity index (χ1) is 6.83. The monoisotopic (exact) mass is 258 g/mol. The van der Waals surface area contributed by atoms with Crippen LogP contribution in [0, 0.1) is 0 Å². The molecule has 0 aromatic heterocycles. The van der Waals surface area contributed by atoms with Crippen LogP contribution in [0.2, 0.25) is 0 Å². The van der Waals surface area contributed by atoms with E-state index in [0.717, 1.165) is 0 Å². The second-order valence-corrected chi connectivity index (χ2v) is 3.73. The molecule has 0 fully saturated rings. The van der Waals surface area contributed by atoms with Crippen molar-refractivity contribution in [2.45, 2.75) is 50.4 Å². The van der Waals surface area contributed by atoms with E-state index >= 15 is 0 Å². The van der Waals surface area contributed by atoms with Crippen LogP contribution in [0.3, 0.4) is 0 Å². The molecule has 0 bridgehead atoms. The summed E-state index contributed by atoms with van der Waals surface area (Å²) in [4.78, 5) is 0. The van der Waals surface area contributed by atoms with Gasteiger partial charge in [0.15, 0.2) is 0 Å². The van der Waals surface area contributed by atoms with Crippen molar-refractivity contribution in [3.05, 3.63) is 0 Å². The van der Waals surface area contributed by atoms with Crippen molar-refractivity contribution in [2.24, 2.45) is 0 Å². The summed E-state index contributed by atoms with van der Waals surface area (Å²) in [7, 11) is 0. The quantitative estimate of drug-likeness (QED) is 0.621. The van der Waals surface area contributed by atoms with Gasteiger partial charge in [0, 0.05) is 0 Å². The molecule has 0 aliphatic heterocycles. The van der Waals surface area contributed by atoms with Crippen LogP contribution in [0.25, 0.3) is 0 Å². The average molecular weight is 258 g/mol. The minimum Gasteiger partial charge on any atom is -0.210 e. The third kappa shape index (κ3) is 7.70. The van der Waals surface area contributed by atoms with Crippen molar-refractivity contribution >= 4 is 0 Å². The Hall–Kier alpha value is -0.560. The Morgan fingerprint density at radius 1 is 0.812 bits per heavy atom. The fraction of sp³-hybridized carbons (Fsp3) is 1.00. The standard InChI is InChI=1S/C8H10F8/c1-6(11,12)3-8(15,16)4-7(13,14)2-5(9)10/h5H,2-4H2,1H3. The molecule has 0 heterocycles. The maximum Gasteiger partial charge on any atom is 0.259 e. The van der Waals surface area contributed by atoms with E-state index in [4.69, 9.17) is 0 Å². The molecule has 0 aromatic carbocycles. The first-order valence-electron chi connectivity index (χ1n) is 4.25. The van der Waals surface area contributed by atoms with Gasteiger partial charge in [-0.25, -0.2) is 35.1 Å². The van der Waals surface area contributed by atoms with Crippen LogP contribution in [0.1, 0.15) is 26.2 Å². The van der Waals surface area contributed by atoms with Gasteiger partial charge in [0.2, 0.25) is 6.43 Å². The van der Waals surface area contributed by atoms with E-state index in [0.29, 0.717) is 0 Å². The molecule has 0 aliphatic carbocycles. The van der Waals surface area contributed by atoms with Crippen molar-refractivity contribution in [3.8, 4) is 0 Å². The molecule has 0 saturated carbocycles. The maximum absolute atomic E-state index is 12.7. The number of rotatable bonds is 6. The Balaban J connectivity index is 4.45. The Bertz CT molecular complexity index is 217. The van der Waals surface area contributed by atoms with E-state index in [1.165, 1.54) is 0 Å². The van der Waals surface area contributed by atoms with Crippen LogP contribution in [0.15, 0.2) is 0 Å². The normalized spacial score (nSPS) is 14.6. The molecule has 0 atom stereocenters. The zero-order valence-electron chi connectivity index (χ0n) is 8.22. The van der Waals surface area contributed by atoms with Crippen LogP contribution in [-0.4, -0.2) is 24.2 Å². The van der Waals surface area contributed by atoms with Gasteiger partial charge in [-0.05, 0) is 6.92 Å². The van der Waals surface area contributed by atoms with E-state index in [-0.39, 0.29) is 6.92 Å².